The normalized spacial score (nSPS) is 11.9. The lowest BCUT2D eigenvalue weighted by Gasteiger charge is -2.09. The molecule has 0 aliphatic rings. The standard InChI is InChI=1S/C18H16N4O3S/c19-17-16(13-3-1-11(2-4-13)10-26(24)25)22-15(9-21-17)12-5-7-14(8-6-12)18(20)23/h1-9H,10H2,(H2,19,21)(H2,20,23)(H,24,25)/p-1. The van der Waals surface area contributed by atoms with Gasteiger partial charge in [0.1, 0.15) is 11.5 Å². The van der Waals surface area contributed by atoms with Crippen molar-refractivity contribution in [3.8, 4) is 22.5 Å². The van der Waals surface area contributed by atoms with Crippen LogP contribution in [0.15, 0.2) is 54.7 Å². The zero-order chi connectivity index (χ0) is 18.7. The van der Waals surface area contributed by atoms with Crippen molar-refractivity contribution in [2.75, 3.05) is 5.73 Å². The Morgan fingerprint density at radius 1 is 1.04 bits per heavy atom. The highest BCUT2D eigenvalue weighted by molar-refractivity contribution is 7.78. The Morgan fingerprint density at radius 2 is 1.65 bits per heavy atom. The van der Waals surface area contributed by atoms with Gasteiger partial charge in [0.05, 0.1) is 11.9 Å². The first-order valence-electron chi connectivity index (χ1n) is 7.62. The molecule has 0 aliphatic carbocycles. The van der Waals surface area contributed by atoms with Crippen LogP contribution < -0.4 is 11.5 Å². The van der Waals surface area contributed by atoms with Crippen molar-refractivity contribution in [3.05, 3.63) is 65.9 Å². The van der Waals surface area contributed by atoms with E-state index in [1.54, 1.807) is 54.7 Å². The Morgan fingerprint density at radius 3 is 2.23 bits per heavy atom. The molecule has 4 N–H and O–H groups in total. The van der Waals surface area contributed by atoms with Gasteiger partial charge in [0.2, 0.25) is 5.91 Å². The van der Waals surface area contributed by atoms with Gasteiger partial charge in [0.15, 0.2) is 0 Å². The molecular weight excluding hydrogens is 352 g/mol. The number of carbonyl (C=O) groups excluding carboxylic acids is 1. The molecule has 8 heteroatoms. The van der Waals surface area contributed by atoms with Gasteiger partial charge in [0.25, 0.3) is 0 Å². The zero-order valence-electron chi connectivity index (χ0n) is 13.6. The lowest BCUT2D eigenvalue weighted by Crippen LogP contribution is -2.10. The van der Waals surface area contributed by atoms with Gasteiger partial charge in [-0.2, -0.15) is 0 Å². The Bertz CT molecular complexity index is 973. The van der Waals surface area contributed by atoms with Crippen molar-refractivity contribution in [3.63, 3.8) is 0 Å². The molecule has 1 atom stereocenters. The van der Waals surface area contributed by atoms with Gasteiger partial charge in [0, 0.05) is 22.4 Å². The highest BCUT2D eigenvalue weighted by atomic mass is 32.2. The molecule has 1 heterocycles. The molecule has 1 aromatic heterocycles. The maximum Gasteiger partial charge on any atom is 0.248 e. The van der Waals surface area contributed by atoms with Crippen LogP contribution in [-0.2, 0) is 16.8 Å². The van der Waals surface area contributed by atoms with Crippen LogP contribution >= 0.6 is 0 Å². The van der Waals surface area contributed by atoms with Crippen LogP contribution in [0.4, 0.5) is 5.82 Å². The SMILES string of the molecule is NC(=O)c1ccc(-c2cnc(N)c(-c3ccc(CS(=O)[O-])cc3)n2)cc1. The first-order valence-corrected chi connectivity index (χ1v) is 8.86. The van der Waals surface area contributed by atoms with Crippen molar-refractivity contribution < 1.29 is 13.6 Å². The average Bonchev–Trinajstić information content (AvgIpc) is 2.62. The monoisotopic (exact) mass is 367 g/mol. The molecule has 0 spiro atoms. The van der Waals surface area contributed by atoms with Gasteiger partial charge < -0.3 is 16.0 Å². The summed E-state index contributed by atoms with van der Waals surface area (Å²) in [5, 5.41) is 0. The Labute approximate surface area is 152 Å². The van der Waals surface area contributed by atoms with Crippen molar-refractivity contribution >= 4 is 22.8 Å². The predicted octanol–water partition coefficient (Wildman–Crippen LogP) is 1.87. The summed E-state index contributed by atoms with van der Waals surface area (Å²) in [5.74, 6) is -0.282. The summed E-state index contributed by atoms with van der Waals surface area (Å²) in [4.78, 5) is 19.9. The number of amides is 1. The molecule has 2 aromatic carbocycles. The summed E-state index contributed by atoms with van der Waals surface area (Å²) in [6, 6.07) is 13.6. The second-order valence-corrected chi connectivity index (χ2v) is 6.47. The van der Waals surface area contributed by atoms with Crippen LogP contribution in [0.25, 0.3) is 22.5 Å². The van der Waals surface area contributed by atoms with Crippen molar-refractivity contribution in [1.82, 2.24) is 9.97 Å². The highest BCUT2D eigenvalue weighted by Gasteiger charge is 2.10. The number of nitrogens with two attached hydrogens (primary N) is 2. The number of rotatable bonds is 5. The predicted molar refractivity (Wildman–Crippen MR) is 98.5 cm³/mol. The molecule has 0 saturated carbocycles. The zero-order valence-corrected chi connectivity index (χ0v) is 14.4. The number of primary amides is 1. The molecule has 0 radical (unpaired) electrons. The van der Waals surface area contributed by atoms with Crippen LogP contribution in [-0.4, -0.2) is 24.6 Å². The number of anilines is 1. The number of carbonyl (C=O) groups is 1. The van der Waals surface area contributed by atoms with Crippen molar-refractivity contribution in [1.29, 1.82) is 0 Å². The minimum atomic E-state index is -2.14. The number of aromatic nitrogens is 2. The van der Waals surface area contributed by atoms with E-state index in [4.69, 9.17) is 11.5 Å². The smallest absolute Gasteiger partial charge is 0.248 e. The third-order valence-corrected chi connectivity index (χ3v) is 4.35. The summed E-state index contributed by atoms with van der Waals surface area (Å²) < 4.78 is 21.5. The molecule has 0 saturated heterocycles. The van der Waals surface area contributed by atoms with Crippen LogP contribution in [0.3, 0.4) is 0 Å². The van der Waals surface area contributed by atoms with Gasteiger partial charge in [-0.15, -0.1) is 0 Å². The number of nitrogens with zero attached hydrogens (tertiary/aromatic N) is 2. The first-order chi connectivity index (χ1) is 12.4. The Balaban J connectivity index is 1.94. The molecule has 3 rings (SSSR count). The molecular formula is C18H15N4O3S-. The minimum absolute atomic E-state index is 0.0479. The second-order valence-electron chi connectivity index (χ2n) is 5.58. The van der Waals surface area contributed by atoms with Gasteiger partial charge in [-0.25, -0.2) is 9.97 Å². The molecule has 3 aromatic rings. The first kappa shape index (κ1) is 17.7. The van der Waals surface area contributed by atoms with E-state index in [1.807, 2.05) is 0 Å². The van der Waals surface area contributed by atoms with E-state index in [-0.39, 0.29) is 11.6 Å². The second kappa shape index (κ2) is 7.42. The number of hydrogen-bond acceptors (Lipinski definition) is 6. The summed E-state index contributed by atoms with van der Waals surface area (Å²) in [6.45, 7) is 0. The topological polar surface area (TPSA) is 135 Å². The van der Waals surface area contributed by atoms with E-state index >= 15 is 0 Å². The van der Waals surface area contributed by atoms with Crippen molar-refractivity contribution in [2.45, 2.75) is 5.75 Å². The van der Waals surface area contributed by atoms with Crippen LogP contribution in [0.5, 0.6) is 0 Å². The average molecular weight is 367 g/mol. The largest absolute Gasteiger partial charge is 0.772 e. The summed E-state index contributed by atoms with van der Waals surface area (Å²) >= 11 is -2.14. The van der Waals surface area contributed by atoms with Crippen LogP contribution in [0, 0.1) is 0 Å². The molecule has 132 valence electrons. The maximum absolute atomic E-state index is 11.2. The van der Waals surface area contributed by atoms with Gasteiger partial charge in [-0.1, -0.05) is 47.5 Å². The number of hydrogen-bond donors (Lipinski definition) is 2. The molecule has 7 nitrogen and oxygen atoms in total. The van der Waals surface area contributed by atoms with E-state index in [1.165, 1.54) is 0 Å². The van der Waals surface area contributed by atoms with Crippen molar-refractivity contribution in [2.24, 2.45) is 5.73 Å². The van der Waals surface area contributed by atoms with Crippen LogP contribution in [0.1, 0.15) is 15.9 Å². The molecule has 1 amide bonds. The van der Waals surface area contributed by atoms with E-state index in [2.05, 4.69) is 9.97 Å². The molecule has 26 heavy (non-hydrogen) atoms. The van der Waals surface area contributed by atoms with E-state index < -0.39 is 17.0 Å². The fourth-order valence-electron chi connectivity index (χ4n) is 2.45. The third kappa shape index (κ3) is 3.93. The molecule has 0 aliphatic heterocycles. The molecule has 1 unspecified atom stereocenters. The fraction of sp³-hybridized carbons (Fsp3) is 0.0556. The number of benzene rings is 2. The maximum atomic E-state index is 11.2. The Hall–Kier alpha value is -3.10. The summed E-state index contributed by atoms with van der Waals surface area (Å²) in [5.41, 5.74) is 14.9. The summed E-state index contributed by atoms with van der Waals surface area (Å²) in [6.07, 6.45) is 1.55. The highest BCUT2D eigenvalue weighted by Crippen LogP contribution is 2.26. The fourth-order valence-corrected chi connectivity index (χ4v) is 2.91. The van der Waals surface area contributed by atoms with Crippen LogP contribution in [0.2, 0.25) is 0 Å². The quantitative estimate of drug-likeness (QED) is 0.661. The lowest BCUT2D eigenvalue weighted by molar-refractivity contribution is 0.100. The molecule has 0 fully saturated rings. The minimum Gasteiger partial charge on any atom is -0.772 e. The summed E-state index contributed by atoms with van der Waals surface area (Å²) in [7, 11) is 0. The van der Waals surface area contributed by atoms with Gasteiger partial charge in [-0.3, -0.25) is 9.00 Å². The third-order valence-electron chi connectivity index (χ3n) is 3.78. The Kier molecular flexibility index (Phi) is 5.06. The van der Waals surface area contributed by atoms with Gasteiger partial charge in [-0.05, 0) is 17.7 Å². The van der Waals surface area contributed by atoms with Gasteiger partial charge >= 0.3 is 0 Å². The van der Waals surface area contributed by atoms with E-state index in [9.17, 15) is 13.6 Å². The van der Waals surface area contributed by atoms with E-state index in [0.29, 0.717) is 22.5 Å². The number of nitrogen functional groups attached to an aromatic ring is 1. The van der Waals surface area contributed by atoms with E-state index in [0.717, 1.165) is 11.1 Å². The lowest BCUT2D eigenvalue weighted by atomic mass is 10.1. The molecule has 0 bridgehead atoms.